The Labute approximate surface area is 171 Å². The molecule has 0 aliphatic heterocycles. The average molecular weight is 412 g/mol. The first-order chi connectivity index (χ1) is 14.2. The second kappa shape index (κ2) is 6.56. The second-order valence-corrected chi connectivity index (χ2v) is 7.64. The molecule has 0 spiro atoms. The Kier molecular flexibility index (Phi) is 4.36. The Morgan fingerprint density at radius 2 is 1.70 bits per heavy atom. The molecule has 0 amide bonds. The van der Waals surface area contributed by atoms with E-state index in [4.69, 9.17) is 4.74 Å². The Morgan fingerprint density at radius 3 is 2.27 bits per heavy atom. The number of methoxy groups -OCH3 is 1. The minimum absolute atomic E-state index is 0.146. The summed E-state index contributed by atoms with van der Waals surface area (Å²) < 4.78 is 4.86. The molecule has 2 aliphatic rings. The van der Waals surface area contributed by atoms with Gasteiger partial charge in [0.05, 0.1) is 29.4 Å². The van der Waals surface area contributed by atoms with Crippen LogP contribution in [0.2, 0.25) is 0 Å². The van der Waals surface area contributed by atoms with Crippen molar-refractivity contribution in [1.82, 2.24) is 0 Å². The van der Waals surface area contributed by atoms with Crippen LogP contribution >= 0.6 is 0 Å². The number of phenols is 3. The number of esters is 1. The molecule has 0 radical (unpaired) electrons. The lowest BCUT2D eigenvalue weighted by atomic mass is 9.68. The average Bonchev–Trinajstić information content (AvgIpc) is 2.72. The van der Waals surface area contributed by atoms with Gasteiger partial charge in [-0.25, -0.2) is 0 Å². The van der Waals surface area contributed by atoms with Crippen molar-refractivity contribution in [2.75, 3.05) is 7.11 Å². The summed E-state index contributed by atoms with van der Waals surface area (Å²) in [6.07, 6.45) is 0.550. The summed E-state index contributed by atoms with van der Waals surface area (Å²) in [5.74, 6) is -4.92. The third-order valence-corrected chi connectivity index (χ3v) is 6.23. The smallest absolute Gasteiger partial charge is 0.316 e. The van der Waals surface area contributed by atoms with E-state index in [9.17, 15) is 34.8 Å². The summed E-state index contributed by atoms with van der Waals surface area (Å²) in [7, 11) is 1.18. The number of benzene rings is 2. The van der Waals surface area contributed by atoms with Gasteiger partial charge in [0.25, 0.3) is 0 Å². The molecule has 0 saturated carbocycles. The zero-order chi connectivity index (χ0) is 22.0. The van der Waals surface area contributed by atoms with Crippen LogP contribution in [0.1, 0.15) is 68.7 Å². The summed E-state index contributed by atoms with van der Waals surface area (Å²) in [4.78, 5) is 38.7. The highest BCUT2D eigenvalue weighted by atomic mass is 16.5. The van der Waals surface area contributed by atoms with Gasteiger partial charge in [-0.3, -0.25) is 14.4 Å². The molecule has 0 saturated heterocycles. The molecule has 30 heavy (non-hydrogen) atoms. The summed E-state index contributed by atoms with van der Waals surface area (Å²) in [6, 6.07) is 3.49. The Bertz CT molecular complexity index is 1130. The maximum absolute atomic E-state index is 13.1. The maximum Gasteiger partial charge on any atom is 0.316 e. The number of aromatic hydroxyl groups is 3. The van der Waals surface area contributed by atoms with E-state index < -0.39 is 46.3 Å². The van der Waals surface area contributed by atoms with Crippen LogP contribution in [0, 0.1) is 0 Å². The quantitative estimate of drug-likeness (QED) is 0.370. The molecule has 2 aromatic carbocycles. The van der Waals surface area contributed by atoms with Crippen molar-refractivity contribution in [1.29, 1.82) is 0 Å². The van der Waals surface area contributed by atoms with E-state index in [-0.39, 0.29) is 52.6 Å². The van der Waals surface area contributed by atoms with Gasteiger partial charge in [-0.1, -0.05) is 6.92 Å². The monoisotopic (exact) mass is 412 g/mol. The maximum atomic E-state index is 13.1. The van der Waals surface area contributed by atoms with Gasteiger partial charge in [0.1, 0.15) is 23.2 Å². The van der Waals surface area contributed by atoms with Crippen molar-refractivity contribution < 1.29 is 39.5 Å². The summed E-state index contributed by atoms with van der Waals surface area (Å²) in [5, 5.41) is 42.2. The summed E-state index contributed by atoms with van der Waals surface area (Å²) >= 11 is 0. The summed E-state index contributed by atoms with van der Waals surface area (Å²) in [6.45, 7) is 1.71. The first-order valence-corrected chi connectivity index (χ1v) is 9.49. The molecule has 0 bridgehead atoms. The highest BCUT2D eigenvalue weighted by molar-refractivity contribution is 6.31. The fourth-order valence-electron chi connectivity index (χ4n) is 4.58. The SMILES string of the molecule is CC[C@@]1(O)CCc2c(cc3c(c2O)C(=O)c2c(O)ccc(O)c2C3=O)[C@H]1C(=O)OC. The standard InChI is InChI=1S/C22H20O8/c1-3-22(29)7-6-9-10(17(22)21(28)30-2)8-11-14(18(9)25)20(27)16-13(24)5-4-12(23)15(16)19(11)26/h4-5,8,17,23-25,29H,3,6-7H2,1-2H3/t17-,22+/m0/s1. The Balaban J connectivity index is 2.03. The fourth-order valence-corrected chi connectivity index (χ4v) is 4.58. The first kappa shape index (κ1) is 19.9. The van der Waals surface area contributed by atoms with Crippen molar-refractivity contribution in [2.45, 2.75) is 37.7 Å². The van der Waals surface area contributed by atoms with E-state index >= 15 is 0 Å². The summed E-state index contributed by atoms with van der Waals surface area (Å²) in [5.41, 5.74) is -2.22. The van der Waals surface area contributed by atoms with Crippen LogP contribution in [0.25, 0.3) is 0 Å². The molecular weight excluding hydrogens is 392 g/mol. The van der Waals surface area contributed by atoms with Gasteiger partial charge in [-0.2, -0.15) is 0 Å². The van der Waals surface area contributed by atoms with Crippen molar-refractivity contribution >= 4 is 17.5 Å². The largest absolute Gasteiger partial charge is 0.507 e. The number of carbonyl (C=O) groups excluding carboxylic acids is 3. The predicted octanol–water partition coefficient (Wildman–Crippen LogP) is 1.92. The van der Waals surface area contributed by atoms with Crippen molar-refractivity contribution in [3.05, 3.63) is 51.6 Å². The Morgan fingerprint density at radius 1 is 1.10 bits per heavy atom. The zero-order valence-corrected chi connectivity index (χ0v) is 16.4. The number of rotatable bonds is 2. The zero-order valence-electron chi connectivity index (χ0n) is 16.4. The Hall–Kier alpha value is -3.39. The number of hydrogen-bond donors (Lipinski definition) is 4. The number of carbonyl (C=O) groups is 3. The van der Waals surface area contributed by atoms with Gasteiger partial charge in [-0.05, 0) is 48.6 Å². The lowest BCUT2D eigenvalue weighted by Crippen LogP contribution is -2.44. The highest BCUT2D eigenvalue weighted by Gasteiger charge is 2.48. The second-order valence-electron chi connectivity index (χ2n) is 7.64. The van der Waals surface area contributed by atoms with Gasteiger partial charge < -0.3 is 25.2 Å². The number of ketones is 2. The minimum atomic E-state index is -1.44. The van der Waals surface area contributed by atoms with Crippen LogP contribution in [0.15, 0.2) is 18.2 Å². The topological polar surface area (TPSA) is 141 Å². The predicted molar refractivity (Wildman–Crippen MR) is 103 cm³/mol. The number of hydrogen-bond acceptors (Lipinski definition) is 8. The molecule has 2 atom stereocenters. The van der Waals surface area contributed by atoms with Crippen molar-refractivity contribution in [2.24, 2.45) is 0 Å². The van der Waals surface area contributed by atoms with Crippen LogP contribution in [0.3, 0.4) is 0 Å². The van der Waals surface area contributed by atoms with Gasteiger partial charge in [0.2, 0.25) is 5.78 Å². The van der Waals surface area contributed by atoms with E-state index in [1.165, 1.54) is 13.2 Å². The van der Waals surface area contributed by atoms with Crippen LogP contribution in [0.5, 0.6) is 17.2 Å². The molecule has 2 aliphatic carbocycles. The van der Waals surface area contributed by atoms with Crippen LogP contribution in [0.4, 0.5) is 0 Å². The molecule has 0 aromatic heterocycles. The van der Waals surface area contributed by atoms with E-state index in [0.29, 0.717) is 0 Å². The first-order valence-electron chi connectivity index (χ1n) is 9.49. The molecule has 2 aromatic rings. The number of ether oxygens (including phenoxy) is 1. The number of fused-ring (bicyclic) bond motifs is 3. The third-order valence-electron chi connectivity index (χ3n) is 6.23. The minimum Gasteiger partial charge on any atom is -0.507 e. The van der Waals surface area contributed by atoms with Crippen LogP contribution < -0.4 is 0 Å². The molecule has 8 heteroatoms. The molecule has 0 fully saturated rings. The molecule has 156 valence electrons. The van der Waals surface area contributed by atoms with Crippen LogP contribution in [-0.2, 0) is 16.0 Å². The molecule has 0 unspecified atom stereocenters. The highest BCUT2D eigenvalue weighted by Crippen LogP contribution is 2.49. The normalized spacial score (nSPS) is 22.2. The van der Waals surface area contributed by atoms with E-state index in [2.05, 4.69) is 0 Å². The van der Waals surface area contributed by atoms with Gasteiger partial charge in [0, 0.05) is 5.56 Å². The lowest BCUT2D eigenvalue weighted by Gasteiger charge is -2.40. The molecule has 4 rings (SSSR count). The fraction of sp³-hybridized carbons (Fsp3) is 0.318. The van der Waals surface area contributed by atoms with Gasteiger partial charge in [-0.15, -0.1) is 0 Å². The van der Waals surface area contributed by atoms with E-state index in [1.807, 2.05) is 0 Å². The van der Waals surface area contributed by atoms with E-state index in [0.717, 1.165) is 12.1 Å². The van der Waals surface area contributed by atoms with Crippen molar-refractivity contribution in [3.8, 4) is 17.2 Å². The van der Waals surface area contributed by atoms with Crippen molar-refractivity contribution in [3.63, 3.8) is 0 Å². The van der Waals surface area contributed by atoms with E-state index in [1.54, 1.807) is 6.92 Å². The molecule has 0 heterocycles. The molecule has 8 nitrogen and oxygen atoms in total. The number of aliphatic hydroxyl groups is 1. The molecule has 4 N–H and O–H groups in total. The van der Waals surface area contributed by atoms with Crippen LogP contribution in [-0.4, -0.2) is 50.7 Å². The van der Waals surface area contributed by atoms with Gasteiger partial charge in [0.15, 0.2) is 5.78 Å². The molecular formula is C22H20O8. The lowest BCUT2D eigenvalue weighted by molar-refractivity contribution is -0.151. The van der Waals surface area contributed by atoms with Gasteiger partial charge >= 0.3 is 5.97 Å². The number of phenolic OH excluding ortho intramolecular Hbond substituents is 3. The third kappa shape index (κ3) is 2.46.